The maximum atomic E-state index is 5.46. The molecule has 0 atom stereocenters. The molecule has 2 rings (SSSR count). The minimum atomic E-state index is 0.140. The van der Waals surface area contributed by atoms with E-state index in [4.69, 9.17) is 5.73 Å². The van der Waals surface area contributed by atoms with Crippen molar-refractivity contribution in [3.8, 4) is 0 Å². The standard InChI is InChI=1S/C10H9BrN6/c11-9(6-8-4-2-1-3-5-8)7-13-17-10(12)14-15-16-17/h1-7H,(H2,12,14,16)/b9-6+,13-7?. The molecule has 0 aliphatic heterocycles. The molecular weight excluding hydrogens is 284 g/mol. The zero-order chi connectivity index (χ0) is 12.1. The van der Waals surface area contributed by atoms with Gasteiger partial charge in [0.25, 0.3) is 5.95 Å². The average Bonchev–Trinajstić information content (AvgIpc) is 2.74. The minimum absolute atomic E-state index is 0.140. The van der Waals surface area contributed by atoms with Gasteiger partial charge in [0.2, 0.25) is 0 Å². The maximum Gasteiger partial charge on any atom is 0.263 e. The molecule has 0 fully saturated rings. The Morgan fingerprint density at radius 1 is 1.35 bits per heavy atom. The van der Waals surface area contributed by atoms with Crippen LogP contribution in [0.2, 0.25) is 0 Å². The molecule has 2 aromatic rings. The van der Waals surface area contributed by atoms with Gasteiger partial charge in [-0.05, 0) is 38.0 Å². The smallest absolute Gasteiger partial charge is 0.263 e. The van der Waals surface area contributed by atoms with E-state index in [9.17, 15) is 0 Å². The Balaban J connectivity index is 2.12. The molecule has 1 aromatic carbocycles. The number of nitrogen functional groups attached to an aromatic ring is 1. The summed E-state index contributed by atoms with van der Waals surface area (Å²) in [4.78, 5) is 1.14. The van der Waals surface area contributed by atoms with Crippen molar-refractivity contribution < 1.29 is 0 Å². The average molecular weight is 293 g/mol. The van der Waals surface area contributed by atoms with Gasteiger partial charge in [-0.2, -0.15) is 5.10 Å². The summed E-state index contributed by atoms with van der Waals surface area (Å²) in [7, 11) is 0. The van der Waals surface area contributed by atoms with Gasteiger partial charge >= 0.3 is 0 Å². The van der Waals surface area contributed by atoms with E-state index < -0.39 is 0 Å². The molecule has 0 saturated carbocycles. The van der Waals surface area contributed by atoms with Crippen molar-refractivity contribution >= 4 is 34.2 Å². The van der Waals surface area contributed by atoms with E-state index in [1.54, 1.807) is 6.21 Å². The lowest BCUT2D eigenvalue weighted by Gasteiger charge is -1.93. The van der Waals surface area contributed by atoms with E-state index >= 15 is 0 Å². The topological polar surface area (TPSA) is 82.0 Å². The summed E-state index contributed by atoms with van der Waals surface area (Å²) in [5.74, 6) is 0.140. The van der Waals surface area contributed by atoms with Crippen LogP contribution in [0.25, 0.3) is 6.08 Å². The minimum Gasteiger partial charge on any atom is -0.365 e. The molecule has 0 saturated heterocycles. The zero-order valence-electron chi connectivity index (χ0n) is 8.73. The van der Waals surface area contributed by atoms with Gasteiger partial charge in [-0.1, -0.05) is 40.2 Å². The summed E-state index contributed by atoms with van der Waals surface area (Å²) in [6, 6.07) is 9.85. The van der Waals surface area contributed by atoms with Crippen LogP contribution in [-0.4, -0.2) is 26.5 Å². The number of allylic oxidation sites excluding steroid dienone is 1. The third kappa shape index (κ3) is 3.22. The lowest BCUT2D eigenvalue weighted by molar-refractivity contribution is 0.700. The van der Waals surface area contributed by atoms with E-state index in [2.05, 4.69) is 36.6 Å². The van der Waals surface area contributed by atoms with Crippen LogP contribution < -0.4 is 5.73 Å². The van der Waals surface area contributed by atoms with Gasteiger partial charge in [-0.3, -0.25) is 0 Å². The summed E-state index contributed by atoms with van der Waals surface area (Å²) in [5, 5.41) is 14.4. The van der Waals surface area contributed by atoms with Gasteiger partial charge in [0, 0.05) is 4.48 Å². The molecule has 2 N–H and O–H groups in total. The highest BCUT2D eigenvalue weighted by molar-refractivity contribution is 9.12. The van der Waals surface area contributed by atoms with Crippen molar-refractivity contribution in [1.82, 2.24) is 20.3 Å². The summed E-state index contributed by atoms with van der Waals surface area (Å²) in [6.45, 7) is 0. The molecule has 6 nitrogen and oxygen atoms in total. The molecule has 0 radical (unpaired) electrons. The van der Waals surface area contributed by atoms with E-state index in [-0.39, 0.29) is 5.95 Å². The van der Waals surface area contributed by atoms with Crippen molar-refractivity contribution in [3.05, 3.63) is 40.4 Å². The van der Waals surface area contributed by atoms with Crippen LogP contribution in [0.3, 0.4) is 0 Å². The SMILES string of the molecule is Nc1nnnn1N=C/C(Br)=C\c1ccccc1. The van der Waals surface area contributed by atoms with Gasteiger partial charge in [0.05, 0.1) is 6.21 Å². The summed E-state index contributed by atoms with van der Waals surface area (Å²) in [5.41, 5.74) is 6.52. The lowest BCUT2D eigenvalue weighted by atomic mass is 10.2. The fourth-order valence-corrected chi connectivity index (χ4v) is 1.48. The maximum absolute atomic E-state index is 5.46. The molecule has 0 aliphatic rings. The largest absolute Gasteiger partial charge is 0.365 e. The second-order valence-corrected chi connectivity index (χ2v) is 4.03. The Morgan fingerprint density at radius 3 is 2.76 bits per heavy atom. The van der Waals surface area contributed by atoms with Gasteiger partial charge < -0.3 is 5.73 Å². The van der Waals surface area contributed by atoms with Crippen molar-refractivity contribution in [3.63, 3.8) is 0 Å². The quantitative estimate of drug-likeness (QED) is 0.870. The highest BCUT2D eigenvalue weighted by atomic mass is 79.9. The fourth-order valence-electron chi connectivity index (χ4n) is 1.13. The first-order chi connectivity index (χ1) is 8.25. The van der Waals surface area contributed by atoms with Crippen molar-refractivity contribution in [2.45, 2.75) is 0 Å². The molecule has 0 aliphatic carbocycles. The van der Waals surface area contributed by atoms with Gasteiger partial charge in [0.15, 0.2) is 0 Å². The van der Waals surface area contributed by atoms with Crippen LogP contribution >= 0.6 is 15.9 Å². The first-order valence-electron chi connectivity index (χ1n) is 4.76. The van der Waals surface area contributed by atoms with Crippen LogP contribution in [0.15, 0.2) is 39.9 Å². The Kier molecular flexibility index (Phi) is 3.61. The van der Waals surface area contributed by atoms with Crippen LogP contribution in [0.5, 0.6) is 0 Å². The van der Waals surface area contributed by atoms with E-state index in [1.807, 2.05) is 36.4 Å². The lowest BCUT2D eigenvalue weighted by Crippen LogP contribution is -1.99. The van der Waals surface area contributed by atoms with Gasteiger partial charge in [-0.25, -0.2) is 0 Å². The monoisotopic (exact) mass is 292 g/mol. The number of rotatable bonds is 3. The first kappa shape index (κ1) is 11.5. The van der Waals surface area contributed by atoms with Crippen LogP contribution in [0.4, 0.5) is 5.95 Å². The van der Waals surface area contributed by atoms with E-state index in [1.165, 1.54) is 0 Å². The second-order valence-electron chi connectivity index (χ2n) is 3.11. The summed E-state index contributed by atoms with van der Waals surface area (Å²) < 4.78 is 0.790. The van der Waals surface area contributed by atoms with Crippen molar-refractivity contribution in [2.24, 2.45) is 5.10 Å². The van der Waals surface area contributed by atoms with Gasteiger partial charge in [-0.15, -0.1) is 0 Å². The molecule has 86 valence electrons. The van der Waals surface area contributed by atoms with Crippen molar-refractivity contribution in [2.75, 3.05) is 5.73 Å². The van der Waals surface area contributed by atoms with Gasteiger partial charge in [0.1, 0.15) is 0 Å². The molecule has 7 heteroatoms. The first-order valence-corrected chi connectivity index (χ1v) is 5.55. The number of halogens is 1. The number of aromatic nitrogens is 4. The van der Waals surface area contributed by atoms with Crippen LogP contribution in [0.1, 0.15) is 5.56 Å². The number of anilines is 1. The Bertz CT molecular complexity index is 545. The number of nitrogens with two attached hydrogens (primary N) is 1. The molecule has 0 spiro atoms. The molecule has 0 unspecified atom stereocenters. The number of hydrogen-bond donors (Lipinski definition) is 1. The van der Waals surface area contributed by atoms with Crippen LogP contribution in [0, 0.1) is 0 Å². The molecule has 17 heavy (non-hydrogen) atoms. The highest BCUT2D eigenvalue weighted by Gasteiger charge is 1.96. The Morgan fingerprint density at radius 2 is 2.12 bits per heavy atom. The number of benzene rings is 1. The van der Waals surface area contributed by atoms with Crippen LogP contribution in [-0.2, 0) is 0 Å². The third-order valence-electron chi connectivity index (χ3n) is 1.87. The summed E-state index contributed by atoms with van der Waals surface area (Å²) >= 11 is 3.37. The molecule has 1 heterocycles. The molecular formula is C10H9BrN6. The normalized spacial score (nSPS) is 12.2. The Labute approximate surface area is 106 Å². The zero-order valence-corrected chi connectivity index (χ0v) is 10.3. The second kappa shape index (κ2) is 5.35. The van der Waals surface area contributed by atoms with E-state index in [0.29, 0.717) is 0 Å². The fraction of sp³-hybridized carbons (Fsp3) is 0. The van der Waals surface area contributed by atoms with E-state index in [0.717, 1.165) is 14.8 Å². The predicted molar refractivity (Wildman–Crippen MR) is 69.5 cm³/mol. The Hall–Kier alpha value is -2.02. The highest BCUT2D eigenvalue weighted by Crippen LogP contribution is 2.10. The molecule has 1 aromatic heterocycles. The molecule has 0 bridgehead atoms. The summed E-state index contributed by atoms with van der Waals surface area (Å²) in [6.07, 6.45) is 3.49. The molecule has 0 amide bonds. The number of tetrazole rings is 1. The third-order valence-corrected chi connectivity index (χ3v) is 2.31. The number of hydrogen-bond acceptors (Lipinski definition) is 5. The predicted octanol–water partition coefficient (Wildman–Crippen LogP) is 1.53. The number of nitrogens with zero attached hydrogens (tertiary/aromatic N) is 5. The van der Waals surface area contributed by atoms with Crippen molar-refractivity contribution in [1.29, 1.82) is 0 Å².